The summed E-state index contributed by atoms with van der Waals surface area (Å²) in [6.45, 7) is 5.43. The predicted molar refractivity (Wildman–Crippen MR) is 83.5 cm³/mol. The molecule has 0 amide bonds. The van der Waals surface area contributed by atoms with Crippen LogP contribution in [0.4, 0.5) is 5.69 Å². The minimum Gasteiger partial charge on any atom is -0.490 e. The van der Waals surface area contributed by atoms with E-state index in [1.807, 2.05) is 25.1 Å². The molecule has 0 bridgehead atoms. The van der Waals surface area contributed by atoms with Crippen molar-refractivity contribution in [1.82, 2.24) is 5.32 Å². The SMILES string of the molecule is CCOCCNC(=NC)Nc1ccc2c(c1)OCCCO2. The monoisotopic (exact) mass is 293 g/mol. The molecule has 1 aliphatic heterocycles. The zero-order valence-corrected chi connectivity index (χ0v) is 12.6. The van der Waals surface area contributed by atoms with Crippen LogP contribution >= 0.6 is 0 Å². The zero-order valence-electron chi connectivity index (χ0n) is 12.6. The fourth-order valence-corrected chi connectivity index (χ4v) is 1.94. The maximum Gasteiger partial charge on any atom is 0.195 e. The summed E-state index contributed by atoms with van der Waals surface area (Å²) < 4.78 is 16.6. The summed E-state index contributed by atoms with van der Waals surface area (Å²) in [7, 11) is 1.74. The molecule has 0 saturated heterocycles. The molecule has 0 unspecified atom stereocenters. The maximum absolute atomic E-state index is 5.67. The van der Waals surface area contributed by atoms with Crippen LogP contribution in [0.3, 0.4) is 0 Å². The van der Waals surface area contributed by atoms with Crippen molar-refractivity contribution in [3.8, 4) is 11.5 Å². The van der Waals surface area contributed by atoms with Gasteiger partial charge in [0.1, 0.15) is 0 Å². The molecule has 0 fully saturated rings. The van der Waals surface area contributed by atoms with E-state index in [0.29, 0.717) is 32.3 Å². The molecule has 0 saturated carbocycles. The van der Waals surface area contributed by atoms with Crippen LogP contribution in [0.1, 0.15) is 13.3 Å². The Kier molecular flexibility index (Phi) is 6.15. The molecule has 1 aromatic rings. The number of benzene rings is 1. The Balaban J connectivity index is 1.93. The van der Waals surface area contributed by atoms with Gasteiger partial charge in [-0.25, -0.2) is 0 Å². The average Bonchev–Trinajstić information content (AvgIpc) is 2.75. The number of nitrogens with zero attached hydrogens (tertiary/aromatic N) is 1. The van der Waals surface area contributed by atoms with E-state index in [9.17, 15) is 0 Å². The minimum absolute atomic E-state index is 0.651. The second-order valence-corrected chi connectivity index (χ2v) is 4.53. The number of ether oxygens (including phenoxy) is 3. The van der Waals surface area contributed by atoms with E-state index >= 15 is 0 Å². The van der Waals surface area contributed by atoms with E-state index in [2.05, 4.69) is 15.6 Å². The normalized spacial score (nSPS) is 14.5. The van der Waals surface area contributed by atoms with Gasteiger partial charge < -0.3 is 24.8 Å². The van der Waals surface area contributed by atoms with Gasteiger partial charge in [0.25, 0.3) is 0 Å². The van der Waals surface area contributed by atoms with Crippen LogP contribution in [0.25, 0.3) is 0 Å². The zero-order chi connectivity index (χ0) is 14.9. The van der Waals surface area contributed by atoms with Crippen molar-refractivity contribution < 1.29 is 14.2 Å². The molecule has 21 heavy (non-hydrogen) atoms. The van der Waals surface area contributed by atoms with Crippen molar-refractivity contribution in [3.63, 3.8) is 0 Å². The largest absolute Gasteiger partial charge is 0.490 e. The smallest absolute Gasteiger partial charge is 0.195 e. The molecule has 0 spiro atoms. The number of anilines is 1. The number of nitrogens with one attached hydrogen (secondary N) is 2. The third-order valence-corrected chi connectivity index (χ3v) is 2.98. The summed E-state index contributed by atoms with van der Waals surface area (Å²) in [4.78, 5) is 4.18. The van der Waals surface area contributed by atoms with Gasteiger partial charge >= 0.3 is 0 Å². The summed E-state index contributed by atoms with van der Waals surface area (Å²) >= 11 is 0. The lowest BCUT2D eigenvalue weighted by atomic mass is 10.3. The molecule has 0 radical (unpaired) electrons. The third-order valence-electron chi connectivity index (χ3n) is 2.98. The van der Waals surface area contributed by atoms with Crippen molar-refractivity contribution in [2.45, 2.75) is 13.3 Å². The first-order valence-corrected chi connectivity index (χ1v) is 7.28. The van der Waals surface area contributed by atoms with Crippen LogP contribution in [-0.2, 0) is 4.74 Å². The van der Waals surface area contributed by atoms with Crippen LogP contribution in [-0.4, -0.2) is 46.0 Å². The van der Waals surface area contributed by atoms with E-state index in [-0.39, 0.29) is 0 Å². The lowest BCUT2D eigenvalue weighted by Gasteiger charge is -2.14. The summed E-state index contributed by atoms with van der Waals surface area (Å²) in [6, 6.07) is 5.79. The van der Waals surface area contributed by atoms with Gasteiger partial charge in [0.2, 0.25) is 0 Å². The number of hydrogen-bond acceptors (Lipinski definition) is 4. The highest BCUT2D eigenvalue weighted by Gasteiger charge is 2.11. The van der Waals surface area contributed by atoms with Crippen LogP contribution < -0.4 is 20.1 Å². The van der Waals surface area contributed by atoms with Gasteiger partial charge in [0, 0.05) is 38.4 Å². The van der Waals surface area contributed by atoms with Crippen LogP contribution in [0.15, 0.2) is 23.2 Å². The van der Waals surface area contributed by atoms with Gasteiger partial charge in [-0.1, -0.05) is 0 Å². The number of hydrogen-bond donors (Lipinski definition) is 2. The standard InChI is InChI=1S/C15H23N3O3/c1-3-19-10-7-17-15(16-2)18-12-5-6-13-14(11-12)21-9-4-8-20-13/h5-6,11H,3-4,7-10H2,1-2H3,(H2,16,17,18). The average molecular weight is 293 g/mol. The second kappa shape index (κ2) is 8.36. The highest BCUT2D eigenvalue weighted by atomic mass is 16.5. The molecule has 1 aliphatic rings. The third kappa shape index (κ3) is 4.82. The second-order valence-electron chi connectivity index (χ2n) is 4.53. The van der Waals surface area contributed by atoms with Gasteiger partial charge in [0.05, 0.1) is 19.8 Å². The van der Waals surface area contributed by atoms with E-state index in [0.717, 1.165) is 30.2 Å². The van der Waals surface area contributed by atoms with Crippen molar-refractivity contribution >= 4 is 11.6 Å². The first-order chi connectivity index (χ1) is 10.3. The predicted octanol–water partition coefficient (Wildman–Crippen LogP) is 1.87. The molecule has 2 N–H and O–H groups in total. The van der Waals surface area contributed by atoms with E-state index < -0.39 is 0 Å². The van der Waals surface area contributed by atoms with E-state index in [4.69, 9.17) is 14.2 Å². The molecule has 0 atom stereocenters. The van der Waals surface area contributed by atoms with Gasteiger partial charge in [0.15, 0.2) is 17.5 Å². The number of rotatable bonds is 5. The summed E-state index contributed by atoms with van der Waals surface area (Å²) in [5, 5.41) is 6.41. The molecule has 1 aromatic carbocycles. The molecule has 0 aromatic heterocycles. The summed E-state index contributed by atoms with van der Waals surface area (Å²) in [6.07, 6.45) is 0.901. The van der Waals surface area contributed by atoms with Crippen molar-refractivity contribution in [3.05, 3.63) is 18.2 Å². The summed E-state index contributed by atoms with van der Waals surface area (Å²) in [5.41, 5.74) is 0.906. The Bertz CT molecular complexity index is 477. The first kappa shape index (κ1) is 15.4. The van der Waals surface area contributed by atoms with Gasteiger partial charge in [-0.15, -0.1) is 0 Å². The Morgan fingerprint density at radius 3 is 2.86 bits per heavy atom. The van der Waals surface area contributed by atoms with Gasteiger partial charge in [-0.2, -0.15) is 0 Å². The molecule has 1 heterocycles. The molecule has 6 nitrogen and oxygen atoms in total. The van der Waals surface area contributed by atoms with Crippen LogP contribution in [0, 0.1) is 0 Å². The lowest BCUT2D eigenvalue weighted by molar-refractivity contribution is 0.152. The fraction of sp³-hybridized carbons (Fsp3) is 0.533. The number of guanidine groups is 1. The highest BCUT2D eigenvalue weighted by molar-refractivity contribution is 5.93. The number of aliphatic imine (C=N–C) groups is 1. The van der Waals surface area contributed by atoms with Crippen molar-refractivity contribution in [2.75, 3.05) is 45.3 Å². The fourth-order valence-electron chi connectivity index (χ4n) is 1.94. The molecule has 116 valence electrons. The molecular formula is C15H23N3O3. The van der Waals surface area contributed by atoms with E-state index in [1.165, 1.54) is 0 Å². The van der Waals surface area contributed by atoms with Crippen molar-refractivity contribution in [1.29, 1.82) is 0 Å². The Morgan fingerprint density at radius 2 is 2.10 bits per heavy atom. The van der Waals surface area contributed by atoms with Crippen LogP contribution in [0.5, 0.6) is 11.5 Å². The highest BCUT2D eigenvalue weighted by Crippen LogP contribution is 2.32. The summed E-state index contributed by atoms with van der Waals surface area (Å²) in [5.74, 6) is 2.25. The Morgan fingerprint density at radius 1 is 1.29 bits per heavy atom. The topological polar surface area (TPSA) is 64.1 Å². The lowest BCUT2D eigenvalue weighted by Crippen LogP contribution is -2.33. The van der Waals surface area contributed by atoms with E-state index in [1.54, 1.807) is 7.05 Å². The quantitative estimate of drug-likeness (QED) is 0.493. The first-order valence-electron chi connectivity index (χ1n) is 7.28. The molecule has 0 aliphatic carbocycles. The minimum atomic E-state index is 0.651. The molecular weight excluding hydrogens is 270 g/mol. The van der Waals surface area contributed by atoms with Crippen LogP contribution in [0.2, 0.25) is 0 Å². The number of fused-ring (bicyclic) bond motifs is 1. The Labute approximate surface area is 125 Å². The van der Waals surface area contributed by atoms with Crippen molar-refractivity contribution in [2.24, 2.45) is 4.99 Å². The van der Waals surface area contributed by atoms with Gasteiger partial charge in [-0.05, 0) is 19.1 Å². The van der Waals surface area contributed by atoms with Gasteiger partial charge in [-0.3, -0.25) is 4.99 Å². The Hall–Kier alpha value is -1.95. The molecule has 6 heteroatoms. The maximum atomic E-state index is 5.67. The molecule has 2 rings (SSSR count).